The number of ether oxygens (including phenoxy) is 1. The number of halogens is 1. The Kier molecular flexibility index (Phi) is 3.86. The Balaban J connectivity index is 2.07. The van der Waals surface area contributed by atoms with E-state index in [0.29, 0.717) is 23.9 Å². The highest BCUT2D eigenvalue weighted by Crippen LogP contribution is 2.23. The molecule has 0 amide bonds. The fourth-order valence-corrected chi connectivity index (χ4v) is 2.72. The van der Waals surface area contributed by atoms with Gasteiger partial charge < -0.3 is 15.8 Å². The zero-order valence-electron chi connectivity index (χ0n) is 9.24. The Morgan fingerprint density at radius 3 is 3.00 bits per heavy atom. The van der Waals surface area contributed by atoms with Crippen molar-refractivity contribution in [3.63, 3.8) is 0 Å². The van der Waals surface area contributed by atoms with Crippen LogP contribution >= 0.6 is 27.3 Å². The first-order valence-electron chi connectivity index (χ1n) is 4.96. The highest BCUT2D eigenvalue weighted by molar-refractivity contribution is 9.10. The highest BCUT2D eigenvalue weighted by atomic mass is 79.9. The van der Waals surface area contributed by atoms with E-state index in [1.165, 1.54) is 4.88 Å². The lowest BCUT2D eigenvalue weighted by atomic mass is 10.3. The topological polar surface area (TPSA) is 60.2 Å². The van der Waals surface area contributed by atoms with E-state index >= 15 is 0 Å². The number of methoxy groups -OCH3 is 1. The number of hydrogen-bond donors (Lipinski definition) is 2. The molecular formula is C11H12BrN3OS. The lowest BCUT2D eigenvalue weighted by Gasteiger charge is -2.08. The van der Waals surface area contributed by atoms with Crippen LogP contribution < -0.4 is 15.8 Å². The van der Waals surface area contributed by atoms with E-state index in [-0.39, 0.29) is 0 Å². The van der Waals surface area contributed by atoms with E-state index in [0.717, 1.165) is 4.47 Å². The summed E-state index contributed by atoms with van der Waals surface area (Å²) in [5.41, 5.74) is 6.44. The van der Waals surface area contributed by atoms with Gasteiger partial charge in [-0.15, -0.1) is 11.3 Å². The summed E-state index contributed by atoms with van der Waals surface area (Å²) in [6, 6.07) is 5.58. The molecule has 2 rings (SSSR count). The molecule has 0 fully saturated rings. The SMILES string of the molecule is COc1ccc(N)c(NCc2cc(Br)cs2)n1. The van der Waals surface area contributed by atoms with Gasteiger partial charge in [-0.25, -0.2) is 0 Å². The highest BCUT2D eigenvalue weighted by Gasteiger charge is 2.04. The van der Waals surface area contributed by atoms with Crippen LogP contribution in [0.5, 0.6) is 5.88 Å². The Hall–Kier alpha value is -1.27. The molecule has 2 aromatic rings. The van der Waals surface area contributed by atoms with Gasteiger partial charge in [-0.3, -0.25) is 0 Å². The first-order valence-corrected chi connectivity index (χ1v) is 6.63. The summed E-state index contributed by atoms with van der Waals surface area (Å²) < 4.78 is 6.14. The van der Waals surface area contributed by atoms with Crippen molar-refractivity contribution in [2.45, 2.75) is 6.54 Å². The number of aromatic nitrogens is 1. The zero-order chi connectivity index (χ0) is 12.3. The summed E-state index contributed by atoms with van der Waals surface area (Å²) in [4.78, 5) is 5.46. The Labute approximate surface area is 112 Å². The molecule has 0 aliphatic heterocycles. The molecule has 0 aliphatic carbocycles. The number of nitrogens with zero attached hydrogens (tertiary/aromatic N) is 1. The summed E-state index contributed by atoms with van der Waals surface area (Å²) in [6.45, 7) is 0.695. The third kappa shape index (κ3) is 3.10. The molecule has 6 heteroatoms. The molecule has 4 nitrogen and oxygen atoms in total. The predicted molar refractivity (Wildman–Crippen MR) is 74.5 cm³/mol. The molecule has 0 atom stereocenters. The van der Waals surface area contributed by atoms with Crippen LogP contribution in [0.1, 0.15) is 4.88 Å². The van der Waals surface area contributed by atoms with Crippen LogP contribution in [0, 0.1) is 0 Å². The van der Waals surface area contributed by atoms with Gasteiger partial charge in [-0.05, 0) is 28.1 Å². The number of anilines is 2. The van der Waals surface area contributed by atoms with Crippen molar-refractivity contribution in [3.05, 3.63) is 32.9 Å². The molecule has 3 N–H and O–H groups in total. The number of nitrogens with two attached hydrogens (primary N) is 1. The fourth-order valence-electron chi connectivity index (χ4n) is 1.32. The molecule has 0 aromatic carbocycles. The van der Waals surface area contributed by atoms with E-state index < -0.39 is 0 Å². The Morgan fingerprint density at radius 1 is 1.53 bits per heavy atom. The zero-order valence-corrected chi connectivity index (χ0v) is 11.6. The van der Waals surface area contributed by atoms with E-state index in [1.54, 1.807) is 30.6 Å². The summed E-state index contributed by atoms with van der Waals surface area (Å²) in [6.07, 6.45) is 0. The van der Waals surface area contributed by atoms with Gasteiger partial charge in [-0.1, -0.05) is 0 Å². The Morgan fingerprint density at radius 2 is 2.35 bits per heavy atom. The summed E-state index contributed by atoms with van der Waals surface area (Å²) in [7, 11) is 1.58. The van der Waals surface area contributed by atoms with Crippen molar-refractivity contribution in [1.82, 2.24) is 4.98 Å². The second kappa shape index (κ2) is 5.37. The van der Waals surface area contributed by atoms with E-state index in [2.05, 4.69) is 32.3 Å². The van der Waals surface area contributed by atoms with Crippen LogP contribution in [0.4, 0.5) is 11.5 Å². The summed E-state index contributed by atoms with van der Waals surface area (Å²) >= 11 is 5.09. The molecular weight excluding hydrogens is 302 g/mol. The van der Waals surface area contributed by atoms with Crippen molar-refractivity contribution < 1.29 is 4.74 Å². The predicted octanol–water partition coefficient (Wildman–Crippen LogP) is 3.11. The van der Waals surface area contributed by atoms with Crippen LogP contribution in [-0.2, 0) is 6.54 Å². The molecule has 0 saturated carbocycles. The molecule has 2 aromatic heterocycles. The monoisotopic (exact) mass is 313 g/mol. The molecule has 0 spiro atoms. The Bertz CT molecular complexity index is 515. The van der Waals surface area contributed by atoms with Crippen LogP contribution in [0.15, 0.2) is 28.1 Å². The molecule has 0 radical (unpaired) electrons. The summed E-state index contributed by atoms with van der Waals surface area (Å²) in [5, 5.41) is 5.23. The van der Waals surface area contributed by atoms with Gasteiger partial charge in [0, 0.05) is 20.8 Å². The van der Waals surface area contributed by atoms with Gasteiger partial charge >= 0.3 is 0 Å². The van der Waals surface area contributed by atoms with Crippen molar-refractivity contribution in [3.8, 4) is 5.88 Å². The average molecular weight is 314 g/mol. The van der Waals surface area contributed by atoms with E-state index in [1.807, 2.05) is 5.38 Å². The fraction of sp³-hybridized carbons (Fsp3) is 0.182. The lowest BCUT2D eigenvalue weighted by Crippen LogP contribution is -2.04. The maximum absolute atomic E-state index is 5.83. The van der Waals surface area contributed by atoms with Crippen LogP contribution in [-0.4, -0.2) is 12.1 Å². The van der Waals surface area contributed by atoms with Gasteiger partial charge in [0.1, 0.15) is 0 Å². The largest absolute Gasteiger partial charge is 0.481 e. The van der Waals surface area contributed by atoms with E-state index in [9.17, 15) is 0 Å². The minimum absolute atomic E-state index is 0.550. The van der Waals surface area contributed by atoms with Crippen LogP contribution in [0.3, 0.4) is 0 Å². The number of nitrogen functional groups attached to an aromatic ring is 1. The van der Waals surface area contributed by atoms with E-state index in [4.69, 9.17) is 10.5 Å². The number of nitrogens with one attached hydrogen (secondary N) is 1. The molecule has 0 aliphatic rings. The second-order valence-electron chi connectivity index (χ2n) is 3.38. The maximum Gasteiger partial charge on any atom is 0.215 e. The molecule has 0 bridgehead atoms. The van der Waals surface area contributed by atoms with Crippen molar-refractivity contribution in [2.75, 3.05) is 18.2 Å². The van der Waals surface area contributed by atoms with Gasteiger partial charge in [0.05, 0.1) is 19.3 Å². The maximum atomic E-state index is 5.83. The van der Waals surface area contributed by atoms with Crippen molar-refractivity contribution in [2.24, 2.45) is 0 Å². The smallest absolute Gasteiger partial charge is 0.215 e. The molecule has 0 unspecified atom stereocenters. The molecule has 90 valence electrons. The second-order valence-corrected chi connectivity index (χ2v) is 5.29. The summed E-state index contributed by atoms with van der Waals surface area (Å²) in [5.74, 6) is 1.20. The van der Waals surface area contributed by atoms with Crippen molar-refractivity contribution >= 4 is 38.8 Å². The first-order chi connectivity index (χ1) is 8.19. The molecule has 0 saturated heterocycles. The van der Waals surface area contributed by atoms with Crippen LogP contribution in [0.25, 0.3) is 0 Å². The third-order valence-electron chi connectivity index (χ3n) is 2.16. The lowest BCUT2D eigenvalue weighted by molar-refractivity contribution is 0.398. The van der Waals surface area contributed by atoms with Gasteiger partial charge in [0.15, 0.2) is 5.82 Å². The standard InChI is InChI=1S/C11H12BrN3OS/c1-16-10-3-2-9(13)11(15-10)14-5-8-4-7(12)6-17-8/h2-4,6H,5,13H2,1H3,(H,14,15). The first kappa shape index (κ1) is 12.2. The number of rotatable bonds is 4. The number of hydrogen-bond acceptors (Lipinski definition) is 5. The van der Waals surface area contributed by atoms with Gasteiger partial charge in [0.25, 0.3) is 0 Å². The number of thiophene rings is 1. The molecule has 17 heavy (non-hydrogen) atoms. The van der Waals surface area contributed by atoms with Crippen molar-refractivity contribution in [1.29, 1.82) is 0 Å². The minimum atomic E-state index is 0.550. The minimum Gasteiger partial charge on any atom is -0.481 e. The normalized spacial score (nSPS) is 10.2. The molecule has 2 heterocycles. The van der Waals surface area contributed by atoms with Gasteiger partial charge in [-0.2, -0.15) is 4.98 Å². The third-order valence-corrected chi connectivity index (χ3v) is 3.86. The van der Waals surface area contributed by atoms with Crippen LogP contribution in [0.2, 0.25) is 0 Å². The quantitative estimate of drug-likeness (QED) is 0.910. The van der Waals surface area contributed by atoms with Gasteiger partial charge in [0.2, 0.25) is 5.88 Å². The average Bonchev–Trinajstić information content (AvgIpc) is 2.74. The number of pyridine rings is 1.